The van der Waals surface area contributed by atoms with Gasteiger partial charge in [0.05, 0.1) is 55.9 Å². The van der Waals surface area contributed by atoms with Gasteiger partial charge in [0.25, 0.3) is 0 Å². The molecule has 0 unspecified atom stereocenters. The van der Waals surface area contributed by atoms with Gasteiger partial charge in [0.15, 0.2) is 0 Å². The van der Waals surface area contributed by atoms with Gasteiger partial charge in [-0.2, -0.15) is 0 Å². The molecule has 20 aromatic carbocycles. The van der Waals surface area contributed by atoms with Crippen molar-refractivity contribution in [3.8, 4) is 141 Å². The molecule has 147 heavy (non-hydrogen) atoms. The summed E-state index contributed by atoms with van der Waals surface area (Å²) in [6, 6.07) is 172. The zero-order chi connectivity index (χ0) is 97.3. The van der Waals surface area contributed by atoms with Crippen molar-refractivity contribution in [1.82, 2.24) is 43.6 Å². The van der Waals surface area contributed by atoms with Crippen LogP contribution < -0.4 is 0 Å². The number of thiophene rings is 3. The molecule has 29 aromatic rings. The molecule has 0 amide bonds. The van der Waals surface area contributed by atoms with Gasteiger partial charge in [0.1, 0.15) is 0 Å². The number of fused-ring (bicyclic) bond motifs is 21. The van der Waals surface area contributed by atoms with E-state index in [1.807, 2.05) is 88.9 Å². The number of hydrogen-bond acceptors (Lipinski definition) is 9. The van der Waals surface area contributed by atoms with Crippen LogP contribution in [0.3, 0.4) is 0 Å². The minimum atomic E-state index is -0.0455. The van der Waals surface area contributed by atoms with E-state index in [1.54, 1.807) is 0 Å². The van der Waals surface area contributed by atoms with Gasteiger partial charge in [-0.05, 0) is 198 Å². The highest BCUT2D eigenvalue weighted by Crippen LogP contribution is 2.52. The Bertz CT molecular complexity index is 10300. The summed E-state index contributed by atoms with van der Waals surface area (Å²) < 4.78 is 14.5. The third kappa shape index (κ3) is 15.0. The van der Waals surface area contributed by atoms with Crippen LogP contribution in [0, 0.1) is 0 Å². The maximum Gasteiger partial charge on any atom is 0.235 e. The zero-order valence-electron chi connectivity index (χ0n) is 80.0. The van der Waals surface area contributed by atoms with Gasteiger partial charge in [0, 0.05) is 133 Å². The van der Waals surface area contributed by atoms with Crippen molar-refractivity contribution in [2.45, 2.75) is 19.3 Å². The maximum absolute atomic E-state index is 5.27. The van der Waals surface area contributed by atoms with E-state index in [4.69, 9.17) is 29.9 Å². The molecule has 9 heterocycles. The molecular formula is C135H87N9S3. The van der Waals surface area contributed by atoms with Gasteiger partial charge in [-0.3, -0.25) is 13.7 Å². The molecule has 0 N–H and O–H groups in total. The van der Waals surface area contributed by atoms with E-state index in [0.717, 1.165) is 78.1 Å². The van der Waals surface area contributed by atoms with E-state index in [9.17, 15) is 0 Å². The number of nitrogens with zero attached hydrogens (tertiary/aromatic N) is 9. The summed E-state index contributed by atoms with van der Waals surface area (Å²) in [6.45, 7) is 4.67. The Morgan fingerprint density at radius 2 is 0.469 bits per heavy atom. The minimum Gasteiger partial charge on any atom is -0.278 e. The van der Waals surface area contributed by atoms with Crippen LogP contribution in [0.1, 0.15) is 25.0 Å². The smallest absolute Gasteiger partial charge is 0.235 e. The van der Waals surface area contributed by atoms with Gasteiger partial charge >= 0.3 is 0 Å². The topological polar surface area (TPSA) is 92.1 Å². The molecule has 0 spiro atoms. The molecular weight excluding hydrogens is 1840 g/mol. The van der Waals surface area contributed by atoms with Gasteiger partial charge in [-0.25, -0.2) is 29.9 Å². The van der Waals surface area contributed by atoms with Crippen molar-refractivity contribution < 1.29 is 0 Å². The van der Waals surface area contributed by atoms with Gasteiger partial charge < -0.3 is 0 Å². The Kier molecular flexibility index (Phi) is 21.0. The lowest BCUT2D eigenvalue weighted by Gasteiger charge is -2.22. The van der Waals surface area contributed by atoms with Gasteiger partial charge in [0.2, 0.25) is 17.8 Å². The second-order valence-electron chi connectivity index (χ2n) is 38.3. The first-order valence-corrected chi connectivity index (χ1v) is 52.2. The van der Waals surface area contributed by atoms with Crippen LogP contribution in [0.4, 0.5) is 0 Å². The highest BCUT2D eigenvalue weighted by atomic mass is 32.1. The third-order valence-corrected chi connectivity index (χ3v) is 33.1. The van der Waals surface area contributed by atoms with Crippen LogP contribution in [-0.2, 0) is 5.41 Å². The highest BCUT2D eigenvalue weighted by Gasteiger charge is 2.36. The fourth-order valence-corrected chi connectivity index (χ4v) is 26.1. The van der Waals surface area contributed by atoms with E-state index >= 15 is 0 Å². The summed E-state index contributed by atoms with van der Waals surface area (Å²) in [6.07, 6.45) is 3.74. The molecule has 12 heteroatoms. The average Bonchev–Trinajstić information content (AvgIpc) is 1.59. The molecule has 0 bridgehead atoms. The number of rotatable bonds is 13. The third-order valence-electron chi connectivity index (χ3n) is 29.5. The van der Waals surface area contributed by atoms with Crippen molar-refractivity contribution in [2.24, 2.45) is 0 Å². The fraction of sp³-hybridized carbons (Fsp3) is 0.0222. The van der Waals surface area contributed by atoms with E-state index in [-0.39, 0.29) is 5.41 Å². The Hall–Kier alpha value is -18.3. The molecule has 0 atom stereocenters. The largest absolute Gasteiger partial charge is 0.278 e. The Balaban J connectivity index is 0.000000107. The van der Waals surface area contributed by atoms with Crippen molar-refractivity contribution in [1.29, 1.82) is 0 Å². The second-order valence-corrected chi connectivity index (χ2v) is 41.4. The summed E-state index contributed by atoms with van der Waals surface area (Å²) in [5.41, 5.74) is 34.3. The molecule has 9 nitrogen and oxygen atoms in total. The monoisotopic (exact) mass is 1930 g/mol. The summed E-state index contributed by atoms with van der Waals surface area (Å²) in [5, 5.41) is 15.0. The summed E-state index contributed by atoms with van der Waals surface area (Å²) in [4.78, 5) is 30.5. The molecule has 1 aliphatic rings. The molecule has 1 aliphatic carbocycles. The molecule has 0 radical (unpaired) electrons. The van der Waals surface area contributed by atoms with E-state index < -0.39 is 0 Å². The van der Waals surface area contributed by atoms with E-state index in [1.165, 1.54) is 182 Å². The first-order valence-electron chi connectivity index (χ1n) is 49.7. The molecule has 30 rings (SSSR count). The lowest BCUT2D eigenvalue weighted by Crippen LogP contribution is -2.14. The first kappa shape index (κ1) is 86.6. The fourth-order valence-electron chi connectivity index (χ4n) is 22.3. The quantitative estimate of drug-likeness (QED) is 0.114. The van der Waals surface area contributed by atoms with Crippen LogP contribution >= 0.6 is 34.0 Å². The van der Waals surface area contributed by atoms with Crippen molar-refractivity contribution in [2.75, 3.05) is 0 Å². The maximum atomic E-state index is 5.27. The second kappa shape index (κ2) is 35.7. The molecule has 0 saturated carbocycles. The summed E-state index contributed by atoms with van der Waals surface area (Å²) >= 11 is 5.61. The number of aromatic nitrogens is 9. The summed E-state index contributed by atoms with van der Waals surface area (Å²) in [5.74, 6) is 1.98. The average molecular weight is 1930 g/mol. The van der Waals surface area contributed by atoms with Crippen LogP contribution in [0.5, 0.6) is 0 Å². The predicted molar refractivity (Wildman–Crippen MR) is 620 cm³/mol. The minimum absolute atomic E-state index is 0.0455. The lowest BCUT2D eigenvalue weighted by molar-refractivity contribution is 0.660. The van der Waals surface area contributed by atoms with Crippen LogP contribution in [-0.4, -0.2) is 43.6 Å². The van der Waals surface area contributed by atoms with Crippen molar-refractivity contribution in [3.05, 3.63) is 503 Å². The van der Waals surface area contributed by atoms with Gasteiger partial charge in [-0.1, -0.05) is 384 Å². The zero-order valence-corrected chi connectivity index (χ0v) is 82.5. The Morgan fingerprint density at radius 3 is 0.959 bits per heavy atom. The van der Waals surface area contributed by atoms with Gasteiger partial charge in [-0.15, -0.1) is 34.0 Å². The van der Waals surface area contributed by atoms with Crippen LogP contribution in [0.25, 0.3) is 267 Å². The molecule has 9 aromatic heterocycles. The Labute approximate surface area is 859 Å². The molecule has 0 aliphatic heterocycles. The normalized spacial score (nSPS) is 12.2. The predicted octanol–water partition coefficient (Wildman–Crippen LogP) is 36.8. The SMILES string of the molecule is CC1(C)c2ccccc2-c2ccc(-c3cccc(-c4ccnc(-n5c6ccccc6c6cc(-c7cccc8c7sc7ccccc78)ccc65)n4)c3)cc21.c1ccc(-c2ccc(-c3cc(-c4ccccc4)nc(-n4c5ccccc5c5cc(-c6cccc7c6sc6ccccc67)ccc54)n3)cc2)cc1.c1ccc(-c2ccc3c(c2)c2cc(-c4cccc5c4sc4ccccc45)ccc2n3-c2nccc(-c3ccccc3)n2)cc1. The van der Waals surface area contributed by atoms with Crippen LogP contribution in [0.2, 0.25) is 0 Å². The highest BCUT2D eigenvalue weighted by molar-refractivity contribution is 7.27. The number of hydrogen-bond donors (Lipinski definition) is 0. The van der Waals surface area contributed by atoms with Crippen molar-refractivity contribution in [3.63, 3.8) is 0 Å². The van der Waals surface area contributed by atoms with Crippen LogP contribution in [0.15, 0.2) is 492 Å². The summed E-state index contributed by atoms with van der Waals surface area (Å²) in [7, 11) is 0. The van der Waals surface area contributed by atoms with E-state index in [0.29, 0.717) is 17.8 Å². The molecule has 690 valence electrons. The standard InChI is InChI=1S/C49H33N3S.C46H29N3S.C40H25N3S/c1-49(2)41-18-6-3-13-35(41)36-23-21-31(29-42(36)49)30-11-9-12-33(27-30)43-25-26-50-48(51-43)52-44-19-7-4-14-37(44)40-28-32(22-24-45(40)52)34-16-10-17-39-38-15-5-8-20-46(38)53-47(34)39;1-3-12-30(13-4-1)31-22-24-33(25-23-31)41-29-40(32-14-5-2-6-15-32)47-46(48-41)49-42-20-9-7-16-36(42)39-28-34(26-27-43(39)49)35-18-11-19-38-37-17-8-10-21-44(37)50-45(35)38;1-3-10-26(11-4-1)28-18-20-36-33(24-28)34-25-29(30-15-9-16-32-31-14-7-8-17-38(31)44-39(30)32)19-21-37(34)43(36)40-41-23-22-35(42-40)27-12-5-2-6-13-27/h3-29H,1-2H3;1-29H;1-25H. The first-order chi connectivity index (χ1) is 72.6. The van der Waals surface area contributed by atoms with E-state index in [2.05, 4.69) is 464 Å². The number of para-hydroxylation sites is 2. The Morgan fingerprint density at radius 1 is 0.177 bits per heavy atom. The van der Waals surface area contributed by atoms with Crippen molar-refractivity contribution >= 4 is 160 Å². The molecule has 0 saturated heterocycles. The number of benzene rings is 20. The lowest BCUT2D eigenvalue weighted by atomic mass is 9.81. The molecule has 0 fully saturated rings.